The lowest BCUT2D eigenvalue weighted by molar-refractivity contribution is 1.13. The summed E-state index contributed by atoms with van der Waals surface area (Å²) in [6, 6.07) is 53.3. The minimum absolute atomic E-state index is 0.746. The molecule has 10 aromatic rings. The molecule has 3 heterocycles. The molecule has 5 nitrogen and oxygen atoms in total. The average Bonchev–Trinajstić information content (AvgIpc) is 3.79. The van der Waals surface area contributed by atoms with E-state index in [9.17, 15) is 0 Å². The van der Waals surface area contributed by atoms with Gasteiger partial charge < -0.3 is 24.5 Å². The summed E-state index contributed by atoms with van der Waals surface area (Å²) in [5.41, 5.74) is 11.0. The Labute approximate surface area is 281 Å². The van der Waals surface area contributed by atoms with E-state index in [-0.39, 0.29) is 0 Å². The second kappa shape index (κ2) is 10.4. The molecular formula is C44H29N5. The van der Waals surface area contributed by atoms with E-state index in [1.807, 2.05) is 12.1 Å². The lowest BCUT2D eigenvalue weighted by atomic mass is 10.0. The highest BCUT2D eigenvalue weighted by Crippen LogP contribution is 2.41. The second-order valence-corrected chi connectivity index (χ2v) is 12.6. The van der Waals surface area contributed by atoms with Crippen LogP contribution in [-0.4, -0.2) is 26.1 Å². The number of fused-ring (bicyclic) bond motifs is 9. The highest BCUT2D eigenvalue weighted by atomic mass is 15.0. The average molecular weight is 628 g/mol. The summed E-state index contributed by atoms with van der Waals surface area (Å²) in [7, 11) is 0. The molecule has 0 amide bonds. The molecule has 0 bridgehead atoms. The molecule has 3 aromatic heterocycles. The summed E-state index contributed by atoms with van der Waals surface area (Å²) >= 11 is 0. The normalized spacial score (nSPS) is 11.8. The molecule has 5 heteroatoms. The third-order valence-electron chi connectivity index (χ3n) is 10.0. The second-order valence-electron chi connectivity index (χ2n) is 12.6. The van der Waals surface area contributed by atoms with Gasteiger partial charge in [0, 0.05) is 67.2 Å². The minimum atomic E-state index is 0.746. The number of benzene rings is 7. The first-order valence-electron chi connectivity index (χ1n) is 16.4. The zero-order valence-corrected chi connectivity index (χ0v) is 26.4. The van der Waals surface area contributed by atoms with Gasteiger partial charge in [-0.3, -0.25) is 0 Å². The molecule has 0 aliphatic heterocycles. The van der Waals surface area contributed by atoms with E-state index < -0.39 is 0 Å². The molecule has 0 aliphatic carbocycles. The van der Waals surface area contributed by atoms with E-state index in [4.69, 9.17) is 10.8 Å². The van der Waals surface area contributed by atoms with Gasteiger partial charge in [0.1, 0.15) is 0 Å². The standard InChI is InChI=1S/C44H29N5/c45-26-28-22-31(23-29(27-46)44(28)49-40-20-10-4-14-32(40)33-15-5-11-21-41(33)49)48-39-19-9-7-17-35(39)37-24-42-36(25-43(37)48)34-16-6-8-18-38(34)47(42)30-12-2-1-3-13-30/h1-27,45-46H. The predicted molar refractivity (Wildman–Crippen MR) is 205 cm³/mol. The Morgan fingerprint density at radius 3 is 1.14 bits per heavy atom. The van der Waals surface area contributed by atoms with Crippen LogP contribution in [0.3, 0.4) is 0 Å². The fourth-order valence-corrected chi connectivity index (χ4v) is 8.00. The molecular weight excluding hydrogens is 599 g/mol. The first kappa shape index (κ1) is 27.4. The van der Waals surface area contributed by atoms with Crippen molar-refractivity contribution in [2.24, 2.45) is 0 Å². The van der Waals surface area contributed by atoms with Gasteiger partial charge in [0.25, 0.3) is 0 Å². The van der Waals surface area contributed by atoms with E-state index in [2.05, 4.69) is 153 Å². The zero-order valence-electron chi connectivity index (χ0n) is 26.4. The SMILES string of the molecule is N=Cc1cc(-n2c3ccccc3c3cc4c(cc32)c2ccccc2n4-c2ccccc2)cc(C=N)c1-n1c2ccccc2c2ccccc21. The van der Waals surface area contributed by atoms with Crippen LogP contribution in [0, 0.1) is 10.8 Å². The number of hydrogen-bond donors (Lipinski definition) is 2. The Bertz CT molecular complexity index is 2890. The van der Waals surface area contributed by atoms with E-state index in [1.165, 1.54) is 28.7 Å². The quantitative estimate of drug-likeness (QED) is 0.178. The van der Waals surface area contributed by atoms with Crippen LogP contribution in [0.1, 0.15) is 11.1 Å². The van der Waals surface area contributed by atoms with Crippen LogP contribution in [0.2, 0.25) is 0 Å². The van der Waals surface area contributed by atoms with Crippen LogP contribution in [0.15, 0.2) is 152 Å². The smallest absolute Gasteiger partial charge is 0.0638 e. The third-order valence-corrected chi connectivity index (χ3v) is 10.0. The van der Waals surface area contributed by atoms with Gasteiger partial charge in [0.05, 0.1) is 38.8 Å². The third kappa shape index (κ3) is 3.81. The first-order valence-corrected chi connectivity index (χ1v) is 16.4. The van der Waals surface area contributed by atoms with Crippen molar-refractivity contribution in [3.63, 3.8) is 0 Å². The van der Waals surface area contributed by atoms with E-state index in [0.717, 1.165) is 77.3 Å². The predicted octanol–water partition coefficient (Wildman–Crippen LogP) is 11.0. The van der Waals surface area contributed by atoms with Crippen LogP contribution in [0.4, 0.5) is 0 Å². The van der Waals surface area contributed by atoms with Crippen molar-refractivity contribution in [1.82, 2.24) is 13.7 Å². The molecule has 0 fully saturated rings. The maximum atomic E-state index is 8.68. The lowest BCUT2D eigenvalue weighted by Gasteiger charge is -2.18. The Balaban J connectivity index is 1.30. The Kier molecular flexibility index (Phi) is 5.81. The van der Waals surface area contributed by atoms with Crippen molar-refractivity contribution in [3.05, 3.63) is 163 Å². The summed E-state index contributed by atoms with van der Waals surface area (Å²) in [5, 5.41) is 24.3. The van der Waals surface area contributed by atoms with Crippen molar-refractivity contribution in [2.45, 2.75) is 0 Å². The van der Waals surface area contributed by atoms with E-state index >= 15 is 0 Å². The molecule has 2 N–H and O–H groups in total. The van der Waals surface area contributed by atoms with E-state index in [1.54, 1.807) is 0 Å². The number of nitrogens with one attached hydrogen (secondary N) is 2. The summed E-state index contributed by atoms with van der Waals surface area (Å²) in [5.74, 6) is 0. The molecule has 230 valence electrons. The maximum Gasteiger partial charge on any atom is 0.0638 e. The van der Waals surface area contributed by atoms with Crippen molar-refractivity contribution in [3.8, 4) is 17.1 Å². The van der Waals surface area contributed by atoms with Crippen LogP contribution in [0.5, 0.6) is 0 Å². The molecule has 10 rings (SSSR count). The summed E-state index contributed by atoms with van der Waals surface area (Å²) in [4.78, 5) is 0. The van der Waals surface area contributed by atoms with Crippen molar-refractivity contribution in [1.29, 1.82) is 10.8 Å². The molecule has 0 saturated heterocycles. The Hall–Kier alpha value is -6.72. The number of para-hydroxylation sites is 5. The van der Waals surface area contributed by atoms with Crippen molar-refractivity contribution in [2.75, 3.05) is 0 Å². The lowest BCUT2D eigenvalue weighted by Crippen LogP contribution is -2.07. The van der Waals surface area contributed by atoms with Crippen LogP contribution in [-0.2, 0) is 0 Å². The highest BCUT2D eigenvalue weighted by Gasteiger charge is 2.21. The topological polar surface area (TPSA) is 62.5 Å². The largest absolute Gasteiger partial charge is 0.309 e. The molecule has 0 aliphatic rings. The minimum Gasteiger partial charge on any atom is -0.309 e. The Morgan fingerprint density at radius 2 is 0.694 bits per heavy atom. The van der Waals surface area contributed by atoms with Crippen LogP contribution >= 0.6 is 0 Å². The number of rotatable bonds is 5. The maximum absolute atomic E-state index is 8.68. The van der Waals surface area contributed by atoms with Gasteiger partial charge >= 0.3 is 0 Å². The fourth-order valence-electron chi connectivity index (χ4n) is 8.00. The molecule has 0 atom stereocenters. The van der Waals surface area contributed by atoms with Gasteiger partial charge in [-0.15, -0.1) is 0 Å². The van der Waals surface area contributed by atoms with Crippen molar-refractivity contribution < 1.29 is 0 Å². The fraction of sp³-hybridized carbons (Fsp3) is 0. The van der Waals surface area contributed by atoms with E-state index in [0.29, 0.717) is 0 Å². The van der Waals surface area contributed by atoms with Gasteiger partial charge in [-0.05, 0) is 60.7 Å². The summed E-state index contributed by atoms with van der Waals surface area (Å²) < 4.78 is 6.87. The number of hydrogen-bond acceptors (Lipinski definition) is 2. The highest BCUT2D eigenvalue weighted by molar-refractivity contribution is 6.19. The number of aromatic nitrogens is 3. The van der Waals surface area contributed by atoms with Gasteiger partial charge in [-0.1, -0.05) is 91.0 Å². The number of nitrogens with zero attached hydrogens (tertiary/aromatic N) is 3. The van der Waals surface area contributed by atoms with Crippen molar-refractivity contribution >= 4 is 77.8 Å². The molecule has 0 spiro atoms. The molecule has 7 aromatic carbocycles. The molecule has 0 unspecified atom stereocenters. The van der Waals surface area contributed by atoms with Gasteiger partial charge in [0.2, 0.25) is 0 Å². The monoisotopic (exact) mass is 627 g/mol. The summed E-state index contributed by atoms with van der Waals surface area (Å²) in [6.45, 7) is 0. The molecule has 0 saturated carbocycles. The van der Waals surface area contributed by atoms with Gasteiger partial charge in [0.15, 0.2) is 0 Å². The molecule has 0 radical (unpaired) electrons. The van der Waals surface area contributed by atoms with Crippen LogP contribution in [0.25, 0.3) is 82.5 Å². The molecule has 49 heavy (non-hydrogen) atoms. The van der Waals surface area contributed by atoms with Gasteiger partial charge in [-0.25, -0.2) is 0 Å². The zero-order chi connectivity index (χ0) is 32.6. The first-order chi connectivity index (χ1) is 24.2. The summed E-state index contributed by atoms with van der Waals surface area (Å²) in [6.07, 6.45) is 2.85. The van der Waals surface area contributed by atoms with Crippen LogP contribution < -0.4 is 0 Å². The van der Waals surface area contributed by atoms with Gasteiger partial charge in [-0.2, -0.15) is 0 Å². The Morgan fingerprint density at radius 1 is 0.327 bits per heavy atom.